The van der Waals surface area contributed by atoms with Gasteiger partial charge in [-0.05, 0) is 37.5 Å². The smallest absolute Gasteiger partial charge is 0.323 e. The van der Waals surface area contributed by atoms with Crippen LogP contribution in [0.4, 0.5) is 0 Å². The molecule has 0 radical (unpaired) electrons. The summed E-state index contributed by atoms with van der Waals surface area (Å²) in [6.07, 6.45) is 8.50. The monoisotopic (exact) mass is 223 g/mol. The summed E-state index contributed by atoms with van der Waals surface area (Å²) in [4.78, 5) is 11.3. The fourth-order valence-corrected chi connectivity index (χ4v) is 2.49. The molecule has 1 saturated carbocycles. The lowest BCUT2D eigenvalue weighted by Gasteiger charge is -2.38. The third kappa shape index (κ3) is 2.76. The topological polar surface area (TPSA) is 49.3 Å². The van der Waals surface area contributed by atoms with Crippen molar-refractivity contribution in [1.82, 2.24) is 5.32 Å². The lowest BCUT2D eigenvalue weighted by atomic mass is 9.73. The van der Waals surface area contributed by atoms with Crippen molar-refractivity contribution >= 4 is 5.97 Å². The largest absolute Gasteiger partial charge is 0.480 e. The van der Waals surface area contributed by atoms with Crippen LogP contribution < -0.4 is 5.32 Å². The summed E-state index contributed by atoms with van der Waals surface area (Å²) in [7, 11) is 0. The van der Waals surface area contributed by atoms with Crippen molar-refractivity contribution in [2.24, 2.45) is 11.8 Å². The summed E-state index contributed by atoms with van der Waals surface area (Å²) in [6.45, 7) is 4.74. The molecule has 0 saturated heterocycles. The first kappa shape index (κ1) is 13.1. The van der Waals surface area contributed by atoms with Crippen LogP contribution in [-0.4, -0.2) is 23.2 Å². The van der Waals surface area contributed by atoms with Crippen molar-refractivity contribution in [1.29, 1.82) is 0 Å². The number of hydrogen-bond acceptors (Lipinski definition) is 2. The van der Waals surface area contributed by atoms with Gasteiger partial charge in [-0.3, -0.25) is 10.1 Å². The summed E-state index contributed by atoms with van der Waals surface area (Å²) < 4.78 is 0. The Morgan fingerprint density at radius 2 is 2.12 bits per heavy atom. The van der Waals surface area contributed by atoms with Gasteiger partial charge in [-0.15, -0.1) is 6.42 Å². The molecule has 0 aliphatic heterocycles. The molecule has 0 heterocycles. The Morgan fingerprint density at radius 3 is 2.50 bits per heavy atom. The van der Waals surface area contributed by atoms with Crippen molar-refractivity contribution in [3.8, 4) is 12.3 Å². The number of aliphatic carboxylic acids is 1. The van der Waals surface area contributed by atoms with E-state index >= 15 is 0 Å². The highest BCUT2D eigenvalue weighted by Crippen LogP contribution is 2.35. The summed E-state index contributed by atoms with van der Waals surface area (Å²) >= 11 is 0. The fraction of sp³-hybridized carbons (Fsp3) is 0.769. The first-order valence-electron chi connectivity index (χ1n) is 5.94. The molecular formula is C13H21NO2. The van der Waals surface area contributed by atoms with Crippen LogP contribution in [0, 0.1) is 24.2 Å². The highest BCUT2D eigenvalue weighted by molar-refractivity contribution is 5.79. The second-order valence-corrected chi connectivity index (χ2v) is 5.03. The van der Waals surface area contributed by atoms with Crippen LogP contribution in [-0.2, 0) is 4.79 Å². The Labute approximate surface area is 97.6 Å². The summed E-state index contributed by atoms with van der Waals surface area (Å²) in [5, 5.41) is 12.3. The Morgan fingerprint density at radius 1 is 1.56 bits per heavy atom. The zero-order chi connectivity index (χ0) is 12.2. The second-order valence-electron chi connectivity index (χ2n) is 5.03. The van der Waals surface area contributed by atoms with E-state index in [0.29, 0.717) is 31.2 Å². The minimum absolute atomic E-state index is 0.332. The standard InChI is InChI=1S/C13H21NO2/c1-4-9-14-13(12(15)16)7-5-11(6-8-13)10(2)3/h1,10-11,14H,5-9H2,2-3H3,(H,15,16). The molecule has 1 rings (SSSR count). The molecule has 3 heteroatoms. The molecular weight excluding hydrogens is 202 g/mol. The van der Waals surface area contributed by atoms with E-state index in [1.807, 2.05) is 0 Å². The van der Waals surface area contributed by atoms with Gasteiger partial charge in [0, 0.05) is 0 Å². The molecule has 16 heavy (non-hydrogen) atoms. The van der Waals surface area contributed by atoms with E-state index in [1.54, 1.807) is 0 Å². The van der Waals surface area contributed by atoms with Gasteiger partial charge in [0.1, 0.15) is 5.54 Å². The Balaban J connectivity index is 2.63. The first-order chi connectivity index (χ1) is 7.52. The van der Waals surface area contributed by atoms with Gasteiger partial charge in [0.15, 0.2) is 0 Å². The number of carbonyl (C=O) groups is 1. The van der Waals surface area contributed by atoms with Gasteiger partial charge in [-0.1, -0.05) is 19.8 Å². The van der Waals surface area contributed by atoms with Crippen molar-refractivity contribution in [2.45, 2.75) is 45.1 Å². The van der Waals surface area contributed by atoms with Crippen molar-refractivity contribution in [3.05, 3.63) is 0 Å². The summed E-state index contributed by atoms with van der Waals surface area (Å²) in [6, 6.07) is 0. The molecule has 1 fully saturated rings. The third-order valence-electron chi connectivity index (χ3n) is 3.76. The van der Waals surface area contributed by atoms with Gasteiger partial charge in [0.05, 0.1) is 6.54 Å². The Kier molecular flexibility index (Phi) is 4.37. The number of nitrogens with one attached hydrogen (secondary N) is 1. The first-order valence-corrected chi connectivity index (χ1v) is 5.94. The number of rotatable bonds is 4. The minimum atomic E-state index is -0.780. The third-order valence-corrected chi connectivity index (χ3v) is 3.76. The molecule has 0 unspecified atom stereocenters. The van der Waals surface area contributed by atoms with Gasteiger partial charge < -0.3 is 5.11 Å². The van der Waals surface area contributed by atoms with Crippen LogP contribution in [0.3, 0.4) is 0 Å². The molecule has 0 atom stereocenters. The van der Waals surface area contributed by atoms with E-state index in [4.69, 9.17) is 6.42 Å². The number of carboxylic acid groups (broad SMARTS) is 1. The zero-order valence-corrected chi connectivity index (χ0v) is 10.1. The average molecular weight is 223 g/mol. The van der Waals surface area contributed by atoms with Crippen LogP contribution in [0.2, 0.25) is 0 Å². The molecule has 0 amide bonds. The Bertz CT molecular complexity index is 283. The van der Waals surface area contributed by atoms with E-state index in [9.17, 15) is 9.90 Å². The fourth-order valence-electron chi connectivity index (χ4n) is 2.49. The average Bonchev–Trinajstić information content (AvgIpc) is 2.26. The van der Waals surface area contributed by atoms with E-state index in [2.05, 4.69) is 25.1 Å². The number of terminal acetylenes is 1. The molecule has 2 N–H and O–H groups in total. The van der Waals surface area contributed by atoms with Crippen molar-refractivity contribution in [2.75, 3.05) is 6.54 Å². The Hall–Kier alpha value is -1.01. The minimum Gasteiger partial charge on any atom is -0.480 e. The van der Waals surface area contributed by atoms with Gasteiger partial charge in [-0.2, -0.15) is 0 Å². The molecule has 0 aromatic heterocycles. The van der Waals surface area contributed by atoms with Gasteiger partial charge in [-0.25, -0.2) is 0 Å². The van der Waals surface area contributed by atoms with Crippen LogP contribution in [0.25, 0.3) is 0 Å². The maximum Gasteiger partial charge on any atom is 0.323 e. The highest BCUT2D eigenvalue weighted by Gasteiger charge is 2.41. The molecule has 3 nitrogen and oxygen atoms in total. The predicted octanol–water partition coefficient (Wildman–Crippen LogP) is 1.88. The highest BCUT2D eigenvalue weighted by atomic mass is 16.4. The van der Waals surface area contributed by atoms with Gasteiger partial charge in [0.25, 0.3) is 0 Å². The quantitative estimate of drug-likeness (QED) is 0.715. The van der Waals surface area contributed by atoms with Crippen LogP contribution in [0.5, 0.6) is 0 Å². The van der Waals surface area contributed by atoms with Crippen molar-refractivity contribution < 1.29 is 9.90 Å². The molecule has 90 valence electrons. The van der Waals surface area contributed by atoms with Gasteiger partial charge in [0.2, 0.25) is 0 Å². The van der Waals surface area contributed by atoms with Crippen LogP contribution >= 0.6 is 0 Å². The van der Waals surface area contributed by atoms with Crippen LogP contribution in [0.1, 0.15) is 39.5 Å². The SMILES string of the molecule is C#CCNC1(C(=O)O)CCC(C(C)C)CC1. The molecule has 0 spiro atoms. The van der Waals surface area contributed by atoms with E-state index in [1.165, 1.54) is 0 Å². The molecule has 0 bridgehead atoms. The number of carboxylic acids is 1. The van der Waals surface area contributed by atoms with E-state index in [0.717, 1.165) is 12.8 Å². The second kappa shape index (κ2) is 5.36. The molecule has 0 aromatic rings. The van der Waals surface area contributed by atoms with Crippen molar-refractivity contribution in [3.63, 3.8) is 0 Å². The summed E-state index contributed by atoms with van der Waals surface area (Å²) in [5.41, 5.74) is -0.780. The molecule has 1 aliphatic rings. The van der Waals surface area contributed by atoms with Crippen LogP contribution in [0.15, 0.2) is 0 Å². The maximum atomic E-state index is 11.3. The lowest BCUT2D eigenvalue weighted by Crippen LogP contribution is -2.54. The van der Waals surface area contributed by atoms with E-state index < -0.39 is 11.5 Å². The molecule has 0 aromatic carbocycles. The molecule has 1 aliphatic carbocycles. The predicted molar refractivity (Wildman–Crippen MR) is 64.0 cm³/mol. The number of hydrogen-bond donors (Lipinski definition) is 2. The maximum absolute atomic E-state index is 11.3. The normalized spacial score (nSPS) is 30.0. The zero-order valence-electron chi connectivity index (χ0n) is 10.1. The lowest BCUT2D eigenvalue weighted by molar-refractivity contribution is -0.146. The van der Waals surface area contributed by atoms with E-state index in [-0.39, 0.29) is 0 Å². The van der Waals surface area contributed by atoms with Gasteiger partial charge >= 0.3 is 5.97 Å². The summed E-state index contributed by atoms with van der Waals surface area (Å²) in [5.74, 6) is 2.99.